The second kappa shape index (κ2) is 7.89. The zero-order valence-corrected chi connectivity index (χ0v) is 16.1. The fraction of sp³-hybridized carbons (Fsp3) is 0.600. The van der Waals surface area contributed by atoms with Crippen molar-refractivity contribution in [3.8, 4) is 0 Å². The van der Waals surface area contributed by atoms with Gasteiger partial charge >= 0.3 is 6.03 Å². The highest BCUT2D eigenvalue weighted by molar-refractivity contribution is 5.83. The Morgan fingerprint density at radius 3 is 2.24 bits per heavy atom. The number of urea groups is 1. The van der Waals surface area contributed by atoms with E-state index in [4.69, 9.17) is 0 Å². The highest BCUT2D eigenvalue weighted by atomic mass is 16.2. The molecule has 5 nitrogen and oxygen atoms in total. The van der Waals surface area contributed by atoms with E-state index in [0.717, 1.165) is 5.56 Å². The Kier molecular flexibility index (Phi) is 6.09. The third kappa shape index (κ3) is 4.74. The number of benzene rings is 1. The maximum Gasteiger partial charge on any atom is 0.320 e. The van der Waals surface area contributed by atoms with Crippen LogP contribution in [0.25, 0.3) is 0 Å². The zero-order chi connectivity index (χ0) is 18.6. The molecule has 0 aliphatic carbocycles. The zero-order valence-electron chi connectivity index (χ0n) is 16.1. The molecule has 138 valence electrons. The number of nitrogens with zero attached hydrogens (tertiary/aromatic N) is 2. The van der Waals surface area contributed by atoms with Gasteiger partial charge in [-0.3, -0.25) is 4.79 Å². The van der Waals surface area contributed by atoms with Crippen LogP contribution in [0.5, 0.6) is 0 Å². The van der Waals surface area contributed by atoms with Crippen LogP contribution in [0, 0.1) is 5.92 Å². The molecule has 25 heavy (non-hydrogen) atoms. The van der Waals surface area contributed by atoms with Gasteiger partial charge in [0.05, 0.1) is 5.92 Å². The van der Waals surface area contributed by atoms with Crippen molar-refractivity contribution >= 4 is 11.9 Å². The molecule has 1 aromatic rings. The molecule has 5 heteroatoms. The summed E-state index contributed by atoms with van der Waals surface area (Å²) >= 11 is 0. The minimum Gasteiger partial charge on any atom is -0.356 e. The fourth-order valence-electron chi connectivity index (χ4n) is 3.16. The van der Waals surface area contributed by atoms with Crippen LogP contribution in [0.1, 0.15) is 45.7 Å². The largest absolute Gasteiger partial charge is 0.356 e. The lowest BCUT2D eigenvalue weighted by molar-refractivity contribution is -0.126. The third-order valence-electron chi connectivity index (χ3n) is 4.72. The maximum atomic E-state index is 12.6. The second-order valence-corrected chi connectivity index (χ2v) is 7.74. The van der Waals surface area contributed by atoms with Gasteiger partial charge in [0.25, 0.3) is 0 Å². The summed E-state index contributed by atoms with van der Waals surface area (Å²) in [5, 5.41) is 2.88. The summed E-state index contributed by atoms with van der Waals surface area (Å²) in [5.74, 6) is -0.145. The summed E-state index contributed by atoms with van der Waals surface area (Å²) in [7, 11) is 0. The van der Waals surface area contributed by atoms with Crippen LogP contribution in [-0.4, -0.2) is 47.9 Å². The van der Waals surface area contributed by atoms with Gasteiger partial charge in [-0.15, -0.1) is 0 Å². The third-order valence-corrected chi connectivity index (χ3v) is 4.72. The minimum atomic E-state index is -0.175. The Morgan fingerprint density at radius 2 is 1.72 bits per heavy atom. The van der Waals surface area contributed by atoms with Gasteiger partial charge in [0, 0.05) is 32.7 Å². The van der Waals surface area contributed by atoms with Crippen LogP contribution in [0.3, 0.4) is 0 Å². The van der Waals surface area contributed by atoms with Crippen molar-refractivity contribution in [3.63, 3.8) is 0 Å². The van der Waals surface area contributed by atoms with Gasteiger partial charge in [0.15, 0.2) is 0 Å². The first kappa shape index (κ1) is 19.3. The SMILES string of the molecule is CCNC(=O)C1CN(CC)C(=O)N(Cc2ccc(C(C)(C)C)cc2)C1. The monoisotopic (exact) mass is 345 g/mol. The van der Waals surface area contributed by atoms with E-state index in [1.807, 2.05) is 13.8 Å². The van der Waals surface area contributed by atoms with Crippen LogP contribution >= 0.6 is 0 Å². The summed E-state index contributed by atoms with van der Waals surface area (Å²) in [6.07, 6.45) is 0. The number of hydrogen-bond acceptors (Lipinski definition) is 2. The predicted molar refractivity (Wildman–Crippen MR) is 100 cm³/mol. The lowest BCUT2D eigenvalue weighted by Gasteiger charge is -2.39. The predicted octanol–water partition coefficient (Wildman–Crippen LogP) is 2.99. The molecular weight excluding hydrogens is 314 g/mol. The van der Waals surface area contributed by atoms with E-state index in [1.54, 1.807) is 9.80 Å². The number of rotatable bonds is 5. The smallest absolute Gasteiger partial charge is 0.320 e. The van der Waals surface area contributed by atoms with Gasteiger partial charge in [-0.05, 0) is 30.4 Å². The van der Waals surface area contributed by atoms with Crippen LogP contribution < -0.4 is 5.32 Å². The van der Waals surface area contributed by atoms with E-state index in [2.05, 4.69) is 50.4 Å². The van der Waals surface area contributed by atoms with Crippen molar-refractivity contribution in [2.24, 2.45) is 5.92 Å². The molecule has 1 heterocycles. The molecule has 2 rings (SSSR count). The summed E-state index contributed by atoms with van der Waals surface area (Å²) in [6, 6.07) is 8.44. The average Bonchev–Trinajstić information content (AvgIpc) is 2.56. The Bertz CT molecular complexity index is 604. The quantitative estimate of drug-likeness (QED) is 0.892. The van der Waals surface area contributed by atoms with Crippen molar-refractivity contribution in [1.29, 1.82) is 0 Å². The van der Waals surface area contributed by atoms with Crippen molar-refractivity contribution < 1.29 is 9.59 Å². The number of hydrogen-bond donors (Lipinski definition) is 1. The Balaban J connectivity index is 2.12. The Hall–Kier alpha value is -2.04. The first-order chi connectivity index (χ1) is 11.8. The van der Waals surface area contributed by atoms with Crippen molar-refractivity contribution in [2.75, 3.05) is 26.2 Å². The second-order valence-electron chi connectivity index (χ2n) is 7.74. The number of carbonyl (C=O) groups excluding carboxylic acids is 2. The maximum absolute atomic E-state index is 12.6. The van der Waals surface area contributed by atoms with Crippen LogP contribution in [0.4, 0.5) is 4.79 Å². The average molecular weight is 345 g/mol. The molecule has 1 aliphatic heterocycles. The van der Waals surface area contributed by atoms with Crippen LogP contribution in [0.2, 0.25) is 0 Å². The fourth-order valence-corrected chi connectivity index (χ4v) is 3.16. The van der Waals surface area contributed by atoms with Crippen molar-refractivity contribution in [2.45, 2.75) is 46.6 Å². The molecule has 0 radical (unpaired) electrons. The van der Waals surface area contributed by atoms with Gasteiger partial charge < -0.3 is 15.1 Å². The van der Waals surface area contributed by atoms with E-state index in [0.29, 0.717) is 32.7 Å². The van der Waals surface area contributed by atoms with Crippen LogP contribution in [-0.2, 0) is 16.8 Å². The summed E-state index contributed by atoms with van der Waals surface area (Å²) in [6.45, 7) is 13.2. The highest BCUT2D eigenvalue weighted by Crippen LogP contribution is 2.23. The van der Waals surface area contributed by atoms with Gasteiger partial charge in [0.1, 0.15) is 0 Å². The van der Waals surface area contributed by atoms with Gasteiger partial charge in [0.2, 0.25) is 5.91 Å². The molecule has 1 fully saturated rings. The highest BCUT2D eigenvalue weighted by Gasteiger charge is 2.34. The van der Waals surface area contributed by atoms with Crippen LogP contribution in [0.15, 0.2) is 24.3 Å². The molecule has 0 saturated carbocycles. The number of carbonyl (C=O) groups is 2. The summed E-state index contributed by atoms with van der Waals surface area (Å²) in [4.78, 5) is 28.4. The molecular formula is C20H31N3O2. The van der Waals surface area contributed by atoms with Gasteiger partial charge in [-0.1, -0.05) is 45.0 Å². The number of nitrogens with one attached hydrogen (secondary N) is 1. The lowest BCUT2D eigenvalue weighted by atomic mass is 9.86. The molecule has 1 N–H and O–H groups in total. The molecule has 1 unspecified atom stereocenters. The molecule has 0 aromatic heterocycles. The van der Waals surface area contributed by atoms with E-state index < -0.39 is 0 Å². The normalized spacial score (nSPS) is 18.4. The molecule has 0 bridgehead atoms. The van der Waals surface area contributed by atoms with Crippen molar-refractivity contribution in [1.82, 2.24) is 15.1 Å². The lowest BCUT2D eigenvalue weighted by Crippen LogP contribution is -2.56. The van der Waals surface area contributed by atoms with E-state index in [9.17, 15) is 9.59 Å². The van der Waals surface area contributed by atoms with Gasteiger partial charge in [-0.25, -0.2) is 4.79 Å². The van der Waals surface area contributed by atoms with E-state index >= 15 is 0 Å². The topological polar surface area (TPSA) is 52.7 Å². The molecule has 1 aromatic carbocycles. The minimum absolute atomic E-state index is 0.0166. The Morgan fingerprint density at radius 1 is 1.12 bits per heavy atom. The summed E-state index contributed by atoms with van der Waals surface area (Å²) in [5.41, 5.74) is 2.48. The van der Waals surface area contributed by atoms with E-state index in [-0.39, 0.29) is 23.3 Å². The molecule has 3 amide bonds. The standard InChI is InChI=1S/C20H31N3O2/c1-6-21-18(24)16-13-22(7-2)19(25)23(14-16)12-15-8-10-17(11-9-15)20(3,4)5/h8-11,16H,6-7,12-14H2,1-5H3,(H,21,24). The van der Waals surface area contributed by atoms with Crippen molar-refractivity contribution in [3.05, 3.63) is 35.4 Å². The molecule has 0 spiro atoms. The Labute approximate surface area is 151 Å². The number of amides is 3. The summed E-state index contributed by atoms with van der Waals surface area (Å²) < 4.78 is 0. The van der Waals surface area contributed by atoms with Gasteiger partial charge in [-0.2, -0.15) is 0 Å². The first-order valence-electron chi connectivity index (χ1n) is 9.17. The molecule has 1 saturated heterocycles. The molecule has 1 atom stereocenters. The molecule has 1 aliphatic rings. The van der Waals surface area contributed by atoms with E-state index in [1.165, 1.54) is 5.56 Å². The first-order valence-corrected chi connectivity index (χ1v) is 9.17.